The van der Waals surface area contributed by atoms with E-state index < -0.39 is 22.9 Å². The van der Waals surface area contributed by atoms with E-state index in [9.17, 15) is 18.0 Å². The molecule has 0 aromatic carbocycles. The van der Waals surface area contributed by atoms with E-state index in [1.807, 2.05) is 0 Å². The van der Waals surface area contributed by atoms with Gasteiger partial charge < -0.3 is 4.74 Å². The van der Waals surface area contributed by atoms with Crippen molar-refractivity contribution >= 4 is 39.9 Å². The average Bonchev–Trinajstić information content (AvgIpc) is 2.45. The summed E-state index contributed by atoms with van der Waals surface area (Å²) in [5, 5.41) is -0.487. The standard InChI is InChI=1S/C7H5F3INO2S/c1-2-3(13)14-5-4(7(8,9)10)12-6(11)15-5/h2H2,1H3. The number of carbonyl (C=O) groups is 1. The number of thiazole rings is 1. The SMILES string of the molecule is CCC(=O)Oc1sc(I)nc1C(F)(F)F. The molecule has 1 aromatic rings. The van der Waals surface area contributed by atoms with E-state index in [1.54, 1.807) is 22.6 Å². The summed E-state index contributed by atoms with van der Waals surface area (Å²) in [5.41, 5.74) is -1.14. The van der Waals surface area contributed by atoms with Crippen molar-refractivity contribution in [3.8, 4) is 5.06 Å². The fraction of sp³-hybridized carbons (Fsp3) is 0.429. The highest BCUT2D eigenvalue weighted by Gasteiger charge is 2.39. The molecule has 0 N–H and O–H groups in total. The Morgan fingerprint density at radius 3 is 2.67 bits per heavy atom. The molecule has 1 rings (SSSR count). The summed E-state index contributed by atoms with van der Waals surface area (Å²) in [6.07, 6.45) is -4.57. The first-order valence-corrected chi connectivity index (χ1v) is 5.68. The van der Waals surface area contributed by atoms with E-state index in [4.69, 9.17) is 0 Å². The van der Waals surface area contributed by atoms with Gasteiger partial charge in [0, 0.05) is 6.42 Å². The number of nitrogens with zero attached hydrogens (tertiary/aromatic N) is 1. The molecule has 0 saturated heterocycles. The first-order valence-electron chi connectivity index (χ1n) is 3.78. The van der Waals surface area contributed by atoms with Crippen molar-refractivity contribution in [3.63, 3.8) is 0 Å². The molecule has 0 radical (unpaired) electrons. The number of rotatable bonds is 2. The summed E-state index contributed by atoms with van der Waals surface area (Å²) in [6.45, 7) is 1.50. The molecule has 1 heterocycles. The zero-order chi connectivity index (χ0) is 11.6. The van der Waals surface area contributed by atoms with E-state index in [0.717, 1.165) is 0 Å². The van der Waals surface area contributed by atoms with Crippen LogP contribution in [0.4, 0.5) is 13.2 Å². The number of halogens is 4. The highest BCUT2D eigenvalue weighted by molar-refractivity contribution is 14.1. The number of aromatic nitrogens is 1. The molecule has 0 fully saturated rings. The Hall–Kier alpha value is -0.380. The average molecular weight is 351 g/mol. The lowest BCUT2D eigenvalue weighted by Gasteiger charge is -2.05. The van der Waals surface area contributed by atoms with E-state index >= 15 is 0 Å². The summed E-state index contributed by atoms with van der Waals surface area (Å²) < 4.78 is 41.8. The Bertz CT molecular complexity index is 377. The van der Waals surface area contributed by atoms with Gasteiger partial charge in [0.2, 0.25) is 5.06 Å². The van der Waals surface area contributed by atoms with Gasteiger partial charge in [0.25, 0.3) is 0 Å². The van der Waals surface area contributed by atoms with Crippen molar-refractivity contribution in [2.45, 2.75) is 19.5 Å². The third kappa shape index (κ3) is 3.30. The van der Waals surface area contributed by atoms with E-state index in [2.05, 4.69) is 9.72 Å². The highest BCUT2D eigenvalue weighted by Crippen LogP contribution is 2.39. The Morgan fingerprint density at radius 2 is 2.20 bits per heavy atom. The van der Waals surface area contributed by atoms with Crippen LogP contribution in [0.5, 0.6) is 5.06 Å². The third-order valence-corrected chi connectivity index (χ3v) is 2.96. The van der Waals surface area contributed by atoms with Crippen LogP contribution in [0.2, 0.25) is 0 Å². The van der Waals surface area contributed by atoms with Crippen LogP contribution in [-0.4, -0.2) is 11.0 Å². The van der Waals surface area contributed by atoms with Crippen LogP contribution in [0.25, 0.3) is 0 Å². The second-order valence-corrected chi connectivity index (χ2v) is 5.14. The second kappa shape index (κ2) is 4.64. The molecule has 1 aromatic heterocycles. The smallest absolute Gasteiger partial charge is 0.413 e. The van der Waals surface area contributed by atoms with Gasteiger partial charge in [-0.05, 0) is 22.6 Å². The maximum atomic E-state index is 12.4. The minimum Gasteiger partial charge on any atom is -0.413 e. The largest absolute Gasteiger partial charge is 0.438 e. The quantitative estimate of drug-likeness (QED) is 0.607. The minimum atomic E-state index is -4.59. The molecule has 0 unspecified atom stereocenters. The van der Waals surface area contributed by atoms with Crippen LogP contribution in [0, 0.1) is 3.01 Å². The number of hydrogen-bond acceptors (Lipinski definition) is 4. The van der Waals surface area contributed by atoms with Crippen molar-refractivity contribution in [1.29, 1.82) is 0 Å². The Balaban J connectivity index is 3.02. The summed E-state index contributed by atoms with van der Waals surface area (Å²) >= 11 is 2.34. The minimum absolute atomic E-state index is 0.0196. The van der Waals surface area contributed by atoms with Gasteiger partial charge in [0.1, 0.15) is 0 Å². The monoisotopic (exact) mass is 351 g/mol. The number of ether oxygens (including phenoxy) is 1. The zero-order valence-electron chi connectivity index (χ0n) is 7.39. The molecular weight excluding hydrogens is 346 g/mol. The van der Waals surface area contributed by atoms with Gasteiger partial charge >= 0.3 is 12.1 Å². The summed E-state index contributed by atoms with van der Waals surface area (Å²) in [6, 6.07) is 0. The van der Waals surface area contributed by atoms with E-state index in [1.165, 1.54) is 6.92 Å². The van der Waals surface area contributed by atoms with Gasteiger partial charge in [0.05, 0.1) is 0 Å². The first-order chi connectivity index (χ1) is 6.84. The van der Waals surface area contributed by atoms with Crippen molar-refractivity contribution in [1.82, 2.24) is 4.98 Å². The number of esters is 1. The molecule has 3 nitrogen and oxygen atoms in total. The van der Waals surface area contributed by atoms with Gasteiger partial charge in [-0.3, -0.25) is 4.79 Å². The number of carbonyl (C=O) groups excluding carboxylic acids is 1. The number of alkyl halides is 3. The molecule has 0 atom stereocenters. The van der Waals surface area contributed by atoms with E-state index in [0.29, 0.717) is 11.3 Å². The van der Waals surface area contributed by atoms with Crippen LogP contribution in [0.15, 0.2) is 0 Å². The first kappa shape index (κ1) is 12.7. The van der Waals surface area contributed by atoms with Gasteiger partial charge in [-0.15, -0.1) is 0 Å². The molecule has 8 heteroatoms. The predicted molar refractivity (Wildman–Crippen MR) is 55.8 cm³/mol. The summed E-state index contributed by atoms with van der Waals surface area (Å²) in [7, 11) is 0. The van der Waals surface area contributed by atoms with Crippen LogP contribution >= 0.6 is 33.9 Å². The van der Waals surface area contributed by atoms with Crippen LogP contribution in [-0.2, 0) is 11.0 Å². The normalized spacial score (nSPS) is 11.5. The molecular formula is C7H5F3INO2S. The fourth-order valence-electron chi connectivity index (χ4n) is 0.705. The molecule has 0 amide bonds. The zero-order valence-corrected chi connectivity index (χ0v) is 10.4. The molecule has 84 valence electrons. The van der Waals surface area contributed by atoms with Crippen molar-refractivity contribution in [3.05, 3.63) is 8.71 Å². The van der Waals surface area contributed by atoms with Crippen molar-refractivity contribution < 1.29 is 22.7 Å². The Morgan fingerprint density at radius 1 is 1.60 bits per heavy atom. The van der Waals surface area contributed by atoms with Crippen molar-refractivity contribution in [2.24, 2.45) is 0 Å². The van der Waals surface area contributed by atoms with Gasteiger partial charge in [-0.2, -0.15) is 13.2 Å². The van der Waals surface area contributed by atoms with Gasteiger partial charge in [-0.1, -0.05) is 18.3 Å². The van der Waals surface area contributed by atoms with Crippen LogP contribution in [0.3, 0.4) is 0 Å². The molecule has 0 aliphatic heterocycles. The lowest BCUT2D eigenvalue weighted by atomic mass is 10.4. The molecule has 0 bridgehead atoms. The topological polar surface area (TPSA) is 39.2 Å². The molecule has 0 spiro atoms. The van der Waals surface area contributed by atoms with Crippen LogP contribution < -0.4 is 4.74 Å². The maximum Gasteiger partial charge on any atom is 0.438 e. The molecule has 0 aliphatic carbocycles. The second-order valence-electron chi connectivity index (χ2n) is 2.43. The highest BCUT2D eigenvalue weighted by atomic mass is 127. The molecule has 15 heavy (non-hydrogen) atoms. The lowest BCUT2D eigenvalue weighted by Crippen LogP contribution is -2.11. The van der Waals surface area contributed by atoms with E-state index in [-0.39, 0.29) is 9.44 Å². The third-order valence-electron chi connectivity index (χ3n) is 1.33. The van der Waals surface area contributed by atoms with Crippen molar-refractivity contribution in [2.75, 3.05) is 0 Å². The Kier molecular flexibility index (Phi) is 3.93. The molecule has 0 saturated carbocycles. The van der Waals surface area contributed by atoms with Crippen LogP contribution in [0.1, 0.15) is 19.0 Å². The van der Waals surface area contributed by atoms with Gasteiger partial charge in [0.15, 0.2) is 8.71 Å². The summed E-state index contributed by atoms with van der Waals surface area (Å²) in [4.78, 5) is 14.1. The summed E-state index contributed by atoms with van der Waals surface area (Å²) in [5.74, 6) is -0.708. The fourth-order valence-corrected chi connectivity index (χ4v) is 2.23. The number of hydrogen-bond donors (Lipinski definition) is 0. The maximum absolute atomic E-state index is 12.4. The Labute approximate surface area is 101 Å². The lowest BCUT2D eigenvalue weighted by molar-refractivity contribution is -0.144. The predicted octanol–water partition coefficient (Wildman–Crippen LogP) is 3.08. The van der Waals surface area contributed by atoms with Gasteiger partial charge in [-0.25, -0.2) is 4.98 Å². The molecule has 0 aliphatic rings.